The van der Waals surface area contributed by atoms with Gasteiger partial charge in [-0.1, -0.05) is 49.5 Å². The number of rotatable bonds is 6. The third-order valence-electron chi connectivity index (χ3n) is 3.44. The summed E-state index contributed by atoms with van der Waals surface area (Å²) in [5, 5.41) is 3.73. The molecule has 1 unspecified atom stereocenters. The molecule has 0 bridgehead atoms. The minimum absolute atomic E-state index is 0.273. The smallest absolute Gasteiger partial charge is 0.273 e. The summed E-state index contributed by atoms with van der Waals surface area (Å²) in [5.74, 6) is 0.796. The van der Waals surface area contributed by atoms with Crippen LogP contribution in [-0.2, 0) is 13.0 Å². The second-order valence-electron chi connectivity index (χ2n) is 5.28. The van der Waals surface area contributed by atoms with Crippen LogP contribution in [0.1, 0.15) is 42.2 Å². The van der Waals surface area contributed by atoms with Crippen LogP contribution in [0.4, 0.5) is 0 Å². The molecule has 0 spiro atoms. The fourth-order valence-electron chi connectivity index (χ4n) is 1.87. The summed E-state index contributed by atoms with van der Waals surface area (Å²) >= 11 is 11.8. The number of aromatic nitrogens is 1. The van der Waals surface area contributed by atoms with E-state index in [2.05, 4.69) is 24.1 Å². The highest BCUT2D eigenvalue weighted by atomic mass is 35.5. The van der Waals surface area contributed by atoms with Gasteiger partial charge >= 0.3 is 0 Å². The van der Waals surface area contributed by atoms with Gasteiger partial charge in [0.2, 0.25) is 0 Å². The molecule has 2 rings (SSSR count). The Kier molecular flexibility index (Phi) is 5.86. The van der Waals surface area contributed by atoms with Crippen molar-refractivity contribution >= 4 is 29.1 Å². The third-order valence-corrected chi connectivity index (χ3v) is 4.18. The number of oxazole rings is 1. The molecule has 0 saturated carbocycles. The maximum absolute atomic E-state index is 12.0. The van der Waals surface area contributed by atoms with Crippen LogP contribution in [0.3, 0.4) is 0 Å². The summed E-state index contributed by atoms with van der Waals surface area (Å²) in [6, 6.07) is 5.23. The lowest BCUT2D eigenvalue weighted by molar-refractivity contribution is 0.0946. The molecule has 6 heteroatoms. The normalized spacial score (nSPS) is 12.2. The third kappa shape index (κ3) is 4.49. The van der Waals surface area contributed by atoms with Crippen molar-refractivity contribution in [3.63, 3.8) is 0 Å². The van der Waals surface area contributed by atoms with Gasteiger partial charge in [0.15, 0.2) is 11.6 Å². The Hall–Kier alpha value is -1.52. The molecular weight excluding hydrogens is 323 g/mol. The van der Waals surface area contributed by atoms with E-state index in [1.807, 2.05) is 6.07 Å². The van der Waals surface area contributed by atoms with E-state index in [0.29, 0.717) is 34.1 Å². The largest absolute Gasteiger partial charge is 0.448 e. The second-order valence-corrected chi connectivity index (χ2v) is 6.09. The standard InChI is InChI=1S/C16H18Cl2N2O2/c1-3-10(2)6-15-20-14(9-22-15)16(21)19-8-11-4-5-12(17)13(18)7-11/h4-5,7,9-10H,3,6,8H2,1-2H3,(H,19,21). The van der Waals surface area contributed by atoms with Gasteiger partial charge in [-0.2, -0.15) is 0 Å². The first kappa shape index (κ1) is 16.8. The van der Waals surface area contributed by atoms with Gasteiger partial charge in [0.05, 0.1) is 10.0 Å². The molecule has 0 saturated heterocycles. The molecule has 0 aliphatic carbocycles. The van der Waals surface area contributed by atoms with Gasteiger partial charge in [0.25, 0.3) is 5.91 Å². The van der Waals surface area contributed by atoms with E-state index in [0.717, 1.165) is 18.4 Å². The number of halogens is 2. The van der Waals surface area contributed by atoms with E-state index in [1.54, 1.807) is 12.1 Å². The molecule has 0 fully saturated rings. The van der Waals surface area contributed by atoms with E-state index >= 15 is 0 Å². The average Bonchev–Trinajstić information content (AvgIpc) is 2.96. The van der Waals surface area contributed by atoms with Crippen molar-refractivity contribution in [3.05, 3.63) is 51.7 Å². The van der Waals surface area contributed by atoms with Gasteiger partial charge in [-0.15, -0.1) is 0 Å². The van der Waals surface area contributed by atoms with Crippen LogP contribution in [0.15, 0.2) is 28.9 Å². The Balaban J connectivity index is 1.93. The van der Waals surface area contributed by atoms with Crippen LogP contribution in [0.2, 0.25) is 10.0 Å². The zero-order chi connectivity index (χ0) is 16.1. The number of amides is 1. The molecule has 1 heterocycles. The Morgan fingerprint density at radius 2 is 2.14 bits per heavy atom. The molecule has 0 radical (unpaired) electrons. The van der Waals surface area contributed by atoms with E-state index in [-0.39, 0.29) is 5.91 Å². The molecule has 1 atom stereocenters. The number of carbonyl (C=O) groups excluding carboxylic acids is 1. The zero-order valence-electron chi connectivity index (χ0n) is 12.5. The molecule has 1 aromatic heterocycles. The number of nitrogens with zero attached hydrogens (tertiary/aromatic N) is 1. The first-order chi connectivity index (χ1) is 10.5. The van der Waals surface area contributed by atoms with Crippen LogP contribution in [-0.4, -0.2) is 10.9 Å². The summed E-state index contributed by atoms with van der Waals surface area (Å²) in [6.45, 7) is 4.58. The highest BCUT2D eigenvalue weighted by molar-refractivity contribution is 6.42. The molecular formula is C16H18Cl2N2O2. The maximum Gasteiger partial charge on any atom is 0.273 e. The summed E-state index contributed by atoms with van der Waals surface area (Å²) < 4.78 is 5.33. The van der Waals surface area contributed by atoms with Crippen LogP contribution >= 0.6 is 23.2 Å². The molecule has 0 aliphatic heterocycles. The van der Waals surface area contributed by atoms with Crippen molar-refractivity contribution in [2.75, 3.05) is 0 Å². The van der Waals surface area contributed by atoms with Crippen molar-refractivity contribution in [2.45, 2.75) is 33.2 Å². The molecule has 22 heavy (non-hydrogen) atoms. The van der Waals surface area contributed by atoms with Gasteiger partial charge in [0.1, 0.15) is 6.26 Å². The first-order valence-corrected chi connectivity index (χ1v) is 7.91. The van der Waals surface area contributed by atoms with Crippen molar-refractivity contribution < 1.29 is 9.21 Å². The van der Waals surface area contributed by atoms with E-state index < -0.39 is 0 Å². The monoisotopic (exact) mass is 340 g/mol. The second kappa shape index (κ2) is 7.65. The fraction of sp³-hybridized carbons (Fsp3) is 0.375. The first-order valence-electron chi connectivity index (χ1n) is 7.16. The van der Waals surface area contributed by atoms with Crippen molar-refractivity contribution in [1.29, 1.82) is 0 Å². The predicted molar refractivity (Wildman–Crippen MR) is 87.3 cm³/mol. The highest BCUT2D eigenvalue weighted by Gasteiger charge is 2.13. The molecule has 0 aliphatic rings. The van der Waals surface area contributed by atoms with Crippen molar-refractivity contribution in [3.8, 4) is 0 Å². The summed E-state index contributed by atoms with van der Waals surface area (Å²) in [7, 11) is 0. The molecule has 118 valence electrons. The zero-order valence-corrected chi connectivity index (χ0v) is 14.0. The summed E-state index contributed by atoms with van der Waals surface area (Å²) in [5.41, 5.74) is 1.16. The average molecular weight is 341 g/mol. The number of hydrogen-bond acceptors (Lipinski definition) is 3. The van der Waals surface area contributed by atoms with Crippen molar-refractivity contribution in [2.24, 2.45) is 5.92 Å². The minimum Gasteiger partial charge on any atom is -0.448 e. The predicted octanol–water partition coefficient (Wildman–Crippen LogP) is 4.50. The quantitative estimate of drug-likeness (QED) is 0.842. The number of benzene rings is 1. The topological polar surface area (TPSA) is 55.1 Å². The molecule has 1 amide bonds. The lowest BCUT2D eigenvalue weighted by atomic mass is 10.1. The number of nitrogens with one attached hydrogen (secondary N) is 1. The van der Waals surface area contributed by atoms with Crippen LogP contribution in [0, 0.1) is 5.92 Å². The van der Waals surface area contributed by atoms with Crippen LogP contribution in [0.25, 0.3) is 0 Å². The van der Waals surface area contributed by atoms with Crippen LogP contribution in [0.5, 0.6) is 0 Å². The van der Waals surface area contributed by atoms with Gasteiger partial charge in [0, 0.05) is 13.0 Å². The lowest BCUT2D eigenvalue weighted by Crippen LogP contribution is -2.23. The van der Waals surface area contributed by atoms with E-state index in [4.69, 9.17) is 27.6 Å². The minimum atomic E-state index is -0.273. The Bertz CT molecular complexity index is 655. The van der Waals surface area contributed by atoms with Crippen molar-refractivity contribution in [1.82, 2.24) is 10.3 Å². The lowest BCUT2D eigenvalue weighted by Gasteiger charge is -2.05. The summed E-state index contributed by atoms with van der Waals surface area (Å²) in [4.78, 5) is 16.3. The number of carbonyl (C=O) groups is 1. The molecule has 4 nitrogen and oxygen atoms in total. The molecule has 2 aromatic rings. The van der Waals surface area contributed by atoms with Gasteiger partial charge in [-0.3, -0.25) is 4.79 Å². The van der Waals surface area contributed by atoms with Gasteiger partial charge in [-0.25, -0.2) is 4.98 Å². The maximum atomic E-state index is 12.0. The van der Waals surface area contributed by atoms with E-state index in [1.165, 1.54) is 6.26 Å². The Morgan fingerprint density at radius 3 is 2.82 bits per heavy atom. The number of hydrogen-bond donors (Lipinski definition) is 1. The highest BCUT2D eigenvalue weighted by Crippen LogP contribution is 2.22. The fourth-order valence-corrected chi connectivity index (χ4v) is 2.19. The molecule has 1 aromatic carbocycles. The van der Waals surface area contributed by atoms with E-state index in [9.17, 15) is 4.79 Å². The Morgan fingerprint density at radius 1 is 1.36 bits per heavy atom. The van der Waals surface area contributed by atoms with Gasteiger partial charge in [-0.05, 0) is 23.6 Å². The van der Waals surface area contributed by atoms with Gasteiger partial charge < -0.3 is 9.73 Å². The molecule has 1 N–H and O–H groups in total. The SMILES string of the molecule is CCC(C)Cc1nc(C(=O)NCc2ccc(Cl)c(Cl)c2)co1. The summed E-state index contributed by atoms with van der Waals surface area (Å²) in [6.07, 6.45) is 3.17. The van der Waals surface area contributed by atoms with Crippen LogP contribution < -0.4 is 5.32 Å². The Labute approximate surface area is 139 Å².